The van der Waals surface area contributed by atoms with E-state index in [1.165, 1.54) is 22.3 Å². The van der Waals surface area contributed by atoms with E-state index in [4.69, 9.17) is 4.74 Å². The van der Waals surface area contributed by atoms with Gasteiger partial charge in [-0.25, -0.2) is 0 Å². The summed E-state index contributed by atoms with van der Waals surface area (Å²) in [6.07, 6.45) is 0. The second-order valence-electron chi connectivity index (χ2n) is 7.50. The Bertz CT molecular complexity index is 1200. The molecule has 0 unspecified atom stereocenters. The van der Waals surface area contributed by atoms with E-state index in [1.54, 1.807) is 7.11 Å². The summed E-state index contributed by atoms with van der Waals surface area (Å²) in [5.41, 5.74) is 7.25. The molecule has 5 rings (SSSR count). The minimum atomic E-state index is -0.479. The van der Waals surface area contributed by atoms with Crippen molar-refractivity contribution in [2.75, 3.05) is 7.11 Å². The maximum Gasteiger partial charge on any atom is 0.215 e. The Labute approximate surface area is 176 Å². The number of benzene rings is 4. The van der Waals surface area contributed by atoms with Gasteiger partial charge < -0.3 is 9.94 Å². The molecule has 0 heterocycles. The second kappa shape index (κ2) is 6.89. The Morgan fingerprint density at radius 2 is 1.17 bits per heavy atom. The highest BCUT2D eigenvalue weighted by Crippen LogP contribution is 2.56. The smallest absolute Gasteiger partial charge is 0.215 e. The third-order valence-corrected chi connectivity index (χ3v) is 6.06. The minimum Gasteiger partial charge on any atom is -0.619 e. The van der Waals surface area contributed by atoms with E-state index in [-0.39, 0.29) is 0 Å². The van der Waals surface area contributed by atoms with Gasteiger partial charge in [-0.3, -0.25) is 0 Å². The minimum absolute atomic E-state index is 0.479. The average molecular weight is 391 g/mol. The summed E-state index contributed by atoms with van der Waals surface area (Å²) in [5, 5.41) is 11.7. The summed E-state index contributed by atoms with van der Waals surface area (Å²) < 4.78 is 6.04. The monoisotopic (exact) mass is 391 g/mol. The van der Waals surface area contributed by atoms with Crippen molar-refractivity contribution in [1.82, 2.24) is 0 Å². The van der Waals surface area contributed by atoms with Crippen LogP contribution >= 0.6 is 0 Å². The molecule has 4 aromatic rings. The van der Waals surface area contributed by atoms with Crippen molar-refractivity contribution in [2.45, 2.75) is 5.41 Å². The zero-order valence-electron chi connectivity index (χ0n) is 16.7. The third kappa shape index (κ3) is 2.49. The molecule has 30 heavy (non-hydrogen) atoms. The van der Waals surface area contributed by atoms with Crippen LogP contribution in [0.25, 0.3) is 11.1 Å². The first-order valence-electron chi connectivity index (χ1n) is 9.88. The Balaban J connectivity index is 1.87. The SMILES string of the molecule is C=[N+]([O-])c1ccc(C2(c3ccc(OC)cc3)c3ccccc3-c3ccccc32)cc1. The van der Waals surface area contributed by atoms with Gasteiger partial charge in [-0.15, -0.1) is 0 Å². The van der Waals surface area contributed by atoms with E-state index < -0.39 is 5.41 Å². The van der Waals surface area contributed by atoms with Crippen molar-refractivity contribution in [1.29, 1.82) is 0 Å². The zero-order valence-corrected chi connectivity index (χ0v) is 16.7. The van der Waals surface area contributed by atoms with Gasteiger partial charge in [0.05, 0.1) is 12.5 Å². The van der Waals surface area contributed by atoms with Crippen LogP contribution in [0.15, 0.2) is 97.1 Å². The fourth-order valence-corrected chi connectivity index (χ4v) is 4.74. The number of nitrogens with zero attached hydrogens (tertiary/aromatic N) is 1. The van der Waals surface area contributed by atoms with Crippen LogP contribution in [0.5, 0.6) is 5.75 Å². The quantitative estimate of drug-likeness (QED) is 0.165. The molecule has 0 aliphatic heterocycles. The molecule has 3 nitrogen and oxygen atoms in total. The predicted molar refractivity (Wildman–Crippen MR) is 121 cm³/mol. The van der Waals surface area contributed by atoms with Crippen LogP contribution in [0.2, 0.25) is 0 Å². The van der Waals surface area contributed by atoms with Gasteiger partial charge in [0.2, 0.25) is 5.69 Å². The summed E-state index contributed by atoms with van der Waals surface area (Å²) in [7, 11) is 1.68. The van der Waals surface area contributed by atoms with Crippen molar-refractivity contribution in [3.63, 3.8) is 0 Å². The highest BCUT2D eigenvalue weighted by atomic mass is 16.5. The summed E-state index contributed by atoms with van der Waals surface area (Å²) in [6, 6.07) is 33.1. The topological polar surface area (TPSA) is 35.3 Å². The van der Waals surface area contributed by atoms with Gasteiger partial charge in [-0.2, -0.15) is 4.74 Å². The number of hydrogen-bond donors (Lipinski definition) is 0. The molecule has 0 spiro atoms. The van der Waals surface area contributed by atoms with Gasteiger partial charge in [0, 0.05) is 12.1 Å². The second-order valence-corrected chi connectivity index (χ2v) is 7.50. The molecule has 146 valence electrons. The lowest BCUT2D eigenvalue weighted by Gasteiger charge is -2.33. The Morgan fingerprint density at radius 1 is 0.700 bits per heavy atom. The molecule has 0 amide bonds. The highest BCUT2D eigenvalue weighted by molar-refractivity contribution is 5.86. The first kappa shape index (κ1) is 18.2. The molecular weight excluding hydrogens is 370 g/mol. The molecule has 1 aliphatic rings. The molecule has 4 aromatic carbocycles. The lowest BCUT2D eigenvalue weighted by atomic mass is 9.67. The van der Waals surface area contributed by atoms with Gasteiger partial charge >= 0.3 is 0 Å². The van der Waals surface area contributed by atoms with Crippen molar-refractivity contribution in [3.8, 4) is 16.9 Å². The molecule has 0 fully saturated rings. The molecule has 0 aromatic heterocycles. The van der Waals surface area contributed by atoms with Crippen molar-refractivity contribution in [2.24, 2.45) is 0 Å². The van der Waals surface area contributed by atoms with Crippen LogP contribution in [0, 0.1) is 5.21 Å². The number of fused-ring (bicyclic) bond motifs is 3. The van der Waals surface area contributed by atoms with Crippen LogP contribution in [0.1, 0.15) is 22.3 Å². The number of hydrogen-bond acceptors (Lipinski definition) is 2. The molecule has 0 radical (unpaired) electrons. The van der Waals surface area contributed by atoms with Crippen molar-refractivity contribution >= 4 is 12.4 Å². The van der Waals surface area contributed by atoms with Gasteiger partial charge in [0.15, 0.2) is 0 Å². The van der Waals surface area contributed by atoms with E-state index in [1.807, 2.05) is 36.4 Å². The summed E-state index contributed by atoms with van der Waals surface area (Å²) in [6.45, 7) is 3.47. The highest BCUT2D eigenvalue weighted by Gasteiger charge is 2.45. The van der Waals surface area contributed by atoms with Crippen molar-refractivity contribution < 1.29 is 9.48 Å². The Hall–Kier alpha value is -3.85. The number of methoxy groups -OCH3 is 1. The first-order chi connectivity index (χ1) is 14.7. The van der Waals surface area contributed by atoms with E-state index in [2.05, 4.69) is 67.4 Å². The average Bonchev–Trinajstić information content (AvgIpc) is 3.11. The van der Waals surface area contributed by atoms with Crippen LogP contribution in [-0.2, 0) is 5.41 Å². The molecule has 1 aliphatic carbocycles. The molecular formula is C27H21NO2. The first-order valence-corrected chi connectivity index (χ1v) is 9.88. The van der Waals surface area contributed by atoms with E-state index in [0.29, 0.717) is 10.4 Å². The molecule has 3 heteroatoms. The van der Waals surface area contributed by atoms with Crippen LogP contribution in [0.4, 0.5) is 5.69 Å². The lowest BCUT2D eigenvalue weighted by Crippen LogP contribution is -2.28. The molecule has 0 atom stereocenters. The fraction of sp³-hybridized carbons (Fsp3) is 0.0741. The Kier molecular flexibility index (Phi) is 4.18. The van der Waals surface area contributed by atoms with E-state index >= 15 is 0 Å². The maximum absolute atomic E-state index is 11.7. The summed E-state index contributed by atoms with van der Waals surface area (Å²) in [4.78, 5) is 0. The van der Waals surface area contributed by atoms with Crippen LogP contribution < -0.4 is 4.74 Å². The van der Waals surface area contributed by atoms with Crippen LogP contribution in [0.3, 0.4) is 0 Å². The Morgan fingerprint density at radius 3 is 1.63 bits per heavy atom. The zero-order chi connectivity index (χ0) is 20.7. The fourth-order valence-electron chi connectivity index (χ4n) is 4.74. The molecule has 0 saturated heterocycles. The summed E-state index contributed by atoms with van der Waals surface area (Å²) >= 11 is 0. The van der Waals surface area contributed by atoms with E-state index in [9.17, 15) is 5.21 Å². The number of rotatable bonds is 4. The van der Waals surface area contributed by atoms with E-state index in [0.717, 1.165) is 16.9 Å². The van der Waals surface area contributed by atoms with Gasteiger partial charge in [0.25, 0.3) is 0 Å². The molecule has 0 bridgehead atoms. The standard InChI is InChI=1S/C27H21NO2/c1-28(29)21-15-11-19(12-16-21)27(20-13-17-22(30-2)18-14-20)25-9-5-3-7-23(25)24-8-4-6-10-26(24)27/h3-18H,1H2,2H3. The van der Waals surface area contributed by atoms with Gasteiger partial charge in [0.1, 0.15) is 12.5 Å². The third-order valence-electron chi connectivity index (χ3n) is 6.06. The molecule has 0 saturated carbocycles. The largest absolute Gasteiger partial charge is 0.619 e. The summed E-state index contributed by atoms with van der Waals surface area (Å²) in [5.74, 6) is 0.822. The van der Waals surface area contributed by atoms with Gasteiger partial charge in [-0.05, 0) is 45.5 Å². The normalized spacial score (nSPS) is 13.4. The molecule has 0 N–H and O–H groups in total. The lowest BCUT2D eigenvalue weighted by molar-refractivity contribution is -0.349. The van der Waals surface area contributed by atoms with Gasteiger partial charge in [-0.1, -0.05) is 72.8 Å². The van der Waals surface area contributed by atoms with Crippen molar-refractivity contribution in [3.05, 3.63) is 125 Å². The maximum atomic E-state index is 11.7. The van der Waals surface area contributed by atoms with Crippen LogP contribution in [-0.4, -0.2) is 18.6 Å². The number of ether oxygens (including phenoxy) is 1. The predicted octanol–water partition coefficient (Wildman–Crippen LogP) is 5.90.